The summed E-state index contributed by atoms with van der Waals surface area (Å²) in [6.45, 7) is 3.00. The highest BCUT2D eigenvalue weighted by atomic mass is 35.5. The highest BCUT2D eigenvalue weighted by Crippen LogP contribution is 2.33. The van der Waals surface area contributed by atoms with Crippen LogP contribution in [0.25, 0.3) is 22.5 Å². The average molecular weight is 1030 g/mol. The molecule has 0 fully saturated rings. The summed E-state index contributed by atoms with van der Waals surface area (Å²) in [6.07, 6.45) is 10.7. The standard InChI is InChI=1S/C28H26ClN5O4.C28H25FN4O4/c1-17(10-22-15-30-16-23(32-22)19-6-8-24(35)25(12-19)38-2)18-4-3-5-21(11-18)33-28(37)20-7-9-26(31-14-20)34-27(36)13-29;1-17(10-22-15-30-16-24(32-22)19-7-9-25(34)27(12-19)37-2)18-4-3-5-21(11-18)33-28(36)20-6-8-23(31-14-20)26(35)13-29/h3-9,11-12,14-17,35H,10,13H2,1-2H3,(H,33,37)(H,31,34,36);3-9,11-12,14-17,34H,10,13H2,1-2H3,(H,33,36)/t2*17-/m11/s1. The van der Waals surface area contributed by atoms with E-state index in [-0.39, 0.29) is 58.2 Å². The molecule has 4 aromatic carbocycles. The molecule has 0 saturated heterocycles. The summed E-state index contributed by atoms with van der Waals surface area (Å²) in [5.41, 5.74) is 8.37. The van der Waals surface area contributed by atoms with Crippen molar-refractivity contribution in [2.75, 3.05) is 42.7 Å². The predicted molar refractivity (Wildman–Crippen MR) is 283 cm³/mol. The number of halogens is 2. The molecule has 5 N–H and O–H groups in total. The zero-order valence-corrected chi connectivity index (χ0v) is 41.9. The van der Waals surface area contributed by atoms with Crippen molar-refractivity contribution in [3.63, 3.8) is 0 Å². The minimum absolute atomic E-state index is 0.0217. The number of hydrogen-bond donors (Lipinski definition) is 5. The fourth-order valence-electron chi connectivity index (χ4n) is 7.62. The van der Waals surface area contributed by atoms with Crippen LogP contribution in [0.1, 0.15) is 79.4 Å². The average Bonchev–Trinajstić information content (AvgIpc) is 3.43. The summed E-state index contributed by atoms with van der Waals surface area (Å²) in [4.78, 5) is 74.2. The number of nitrogens with zero attached hydrogens (tertiary/aromatic N) is 6. The molecular weight excluding hydrogens is 981 g/mol. The highest BCUT2D eigenvalue weighted by molar-refractivity contribution is 6.29. The maximum Gasteiger partial charge on any atom is 0.257 e. The van der Waals surface area contributed by atoms with Gasteiger partial charge in [0.15, 0.2) is 29.7 Å². The van der Waals surface area contributed by atoms with Crippen LogP contribution < -0.4 is 25.4 Å². The number of nitrogens with one attached hydrogen (secondary N) is 3. The summed E-state index contributed by atoms with van der Waals surface area (Å²) >= 11 is 5.48. The lowest BCUT2D eigenvalue weighted by Gasteiger charge is -2.14. The van der Waals surface area contributed by atoms with Gasteiger partial charge in [0, 0.05) is 47.3 Å². The largest absolute Gasteiger partial charge is 0.504 e. The number of anilines is 3. The quantitative estimate of drug-likeness (QED) is 0.0397. The summed E-state index contributed by atoms with van der Waals surface area (Å²) in [6, 6.07) is 31.1. The molecule has 0 spiro atoms. The normalized spacial score (nSPS) is 11.5. The second-order valence-corrected chi connectivity index (χ2v) is 17.3. The molecule has 4 aromatic heterocycles. The smallest absolute Gasteiger partial charge is 0.257 e. The van der Waals surface area contributed by atoms with Gasteiger partial charge in [-0.15, -0.1) is 11.6 Å². The Morgan fingerprint density at radius 3 is 1.52 bits per heavy atom. The van der Waals surface area contributed by atoms with Gasteiger partial charge in [-0.1, -0.05) is 38.1 Å². The Morgan fingerprint density at radius 2 is 1.09 bits per heavy atom. The van der Waals surface area contributed by atoms with Gasteiger partial charge in [-0.3, -0.25) is 34.1 Å². The molecule has 17 nitrogen and oxygen atoms in total. The van der Waals surface area contributed by atoms with Crippen LogP contribution in [0.15, 0.2) is 146 Å². The minimum Gasteiger partial charge on any atom is -0.504 e. The summed E-state index contributed by atoms with van der Waals surface area (Å²) < 4.78 is 22.9. The van der Waals surface area contributed by atoms with Crippen LogP contribution >= 0.6 is 11.6 Å². The Bertz CT molecular complexity index is 3310. The molecule has 75 heavy (non-hydrogen) atoms. The molecule has 0 aliphatic rings. The van der Waals surface area contributed by atoms with E-state index >= 15 is 0 Å². The van der Waals surface area contributed by atoms with Crippen LogP contribution in [0, 0.1) is 0 Å². The van der Waals surface area contributed by atoms with Crippen LogP contribution in [-0.4, -0.2) is 90.4 Å². The number of ether oxygens (including phenoxy) is 2. The third kappa shape index (κ3) is 14.5. The molecule has 0 radical (unpaired) electrons. The van der Waals surface area contributed by atoms with E-state index in [1.54, 1.807) is 79.4 Å². The minimum atomic E-state index is -1.13. The third-order valence-corrected chi connectivity index (χ3v) is 11.9. The maximum atomic E-state index is 12.7. The first-order valence-corrected chi connectivity index (χ1v) is 23.8. The Morgan fingerprint density at radius 1 is 0.600 bits per heavy atom. The molecule has 382 valence electrons. The molecule has 0 unspecified atom stereocenters. The van der Waals surface area contributed by atoms with Crippen molar-refractivity contribution in [3.8, 4) is 45.5 Å². The molecule has 8 aromatic rings. The fraction of sp³-hybridized carbons (Fsp3) is 0.179. The van der Waals surface area contributed by atoms with Crippen LogP contribution in [0.2, 0.25) is 0 Å². The van der Waals surface area contributed by atoms with E-state index in [9.17, 15) is 33.8 Å². The molecule has 19 heteroatoms. The summed E-state index contributed by atoms with van der Waals surface area (Å²) in [5, 5.41) is 28.0. The Labute approximate surface area is 436 Å². The number of pyridine rings is 2. The van der Waals surface area contributed by atoms with Crippen LogP contribution in [-0.2, 0) is 17.6 Å². The maximum absolute atomic E-state index is 12.7. The van der Waals surface area contributed by atoms with Gasteiger partial charge in [-0.2, -0.15) is 0 Å². The SMILES string of the molecule is COc1cc(-c2cncc(C[C@@H](C)c3cccc(NC(=O)c4ccc(C(=O)CF)nc4)c3)n2)ccc1O.COc1cc(-c2cncc(C[C@@H](C)c3cccc(NC(=O)c4ccc(NC(=O)CCl)nc4)c3)n2)ccc1O. The van der Waals surface area contributed by atoms with Gasteiger partial charge in [0.2, 0.25) is 11.7 Å². The molecule has 4 heterocycles. The lowest BCUT2D eigenvalue weighted by atomic mass is 9.95. The Kier molecular flexibility index (Phi) is 18.2. The molecule has 8 rings (SSSR count). The van der Waals surface area contributed by atoms with Gasteiger partial charge in [0.1, 0.15) is 17.4 Å². The zero-order valence-electron chi connectivity index (χ0n) is 41.1. The summed E-state index contributed by atoms with van der Waals surface area (Å²) in [7, 11) is 2.99. The molecule has 0 bridgehead atoms. The van der Waals surface area contributed by atoms with Crippen LogP contribution in [0.4, 0.5) is 21.6 Å². The predicted octanol–water partition coefficient (Wildman–Crippen LogP) is 10.0. The number of phenols is 2. The lowest BCUT2D eigenvalue weighted by molar-refractivity contribution is -0.114. The van der Waals surface area contributed by atoms with E-state index in [1.807, 2.05) is 42.5 Å². The number of hydrogen-bond acceptors (Lipinski definition) is 14. The number of ketones is 1. The number of Topliss-reactive ketones (excluding diaryl/α,β-unsaturated/α-hetero) is 1. The van der Waals surface area contributed by atoms with Crippen molar-refractivity contribution in [3.05, 3.63) is 186 Å². The van der Waals surface area contributed by atoms with Crippen molar-refractivity contribution in [1.82, 2.24) is 29.9 Å². The van der Waals surface area contributed by atoms with Gasteiger partial charge < -0.3 is 35.6 Å². The molecule has 2 atom stereocenters. The molecule has 0 aliphatic carbocycles. The van der Waals surface area contributed by atoms with E-state index in [1.165, 1.54) is 38.7 Å². The van der Waals surface area contributed by atoms with Crippen LogP contribution in [0.5, 0.6) is 23.0 Å². The van der Waals surface area contributed by atoms with E-state index in [0.29, 0.717) is 58.5 Å². The van der Waals surface area contributed by atoms with Gasteiger partial charge >= 0.3 is 0 Å². The van der Waals surface area contributed by atoms with Crippen molar-refractivity contribution in [2.24, 2.45) is 0 Å². The van der Waals surface area contributed by atoms with Gasteiger partial charge in [-0.05, 0) is 121 Å². The fourth-order valence-corrected chi connectivity index (χ4v) is 7.68. The van der Waals surface area contributed by atoms with E-state index in [0.717, 1.165) is 33.6 Å². The number of amides is 3. The van der Waals surface area contributed by atoms with Gasteiger partial charge in [0.05, 0.1) is 60.5 Å². The van der Waals surface area contributed by atoms with Gasteiger partial charge in [-0.25, -0.2) is 19.3 Å². The number of benzene rings is 4. The summed E-state index contributed by atoms with van der Waals surface area (Å²) in [5.74, 6) is -0.665. The number of methoxy groups -OCH3 is 2. The number of phenolic OH excluding ortho intramolecular Hbond substituents is 2. The van der Waals surface area contributed by atoms with Crippen molar-refractivity contribution >= 4 is 52.3 Å². The third-order valence-electron chi connectivity index (χ3n) is 11.6. The number of rotatable bonds is 18. The molecule has 0 aliphatic heterocycles. The first-order valence-electron chi connectivity index (χ1n) is 23.3. The number of carbonyl (C=O) groups excluding carboxylic acids is 4. The lowest BCUT2D eigenvalue weighted by Crippen LogP contribution is -2.15. The number of aromatic nitrogens is 6. The molecular formula is C56H51ClFN9O8. The van der Waals surface area contributed by atoms with E-state index in [4.69, 9.17) is 31.0 Å². The monoisotopic (exact) mass is 1030 g/mol. The van der Waals surface area contributed by atoms with E-state index < -0.39 is 12.5 Å². The molecule has 3 amide bonds. The number of carbonyl (C=O) groups is 4. The number of alkyl halides is 2. The molecule has 0 saturated carbocycles. The Balaban J connectivity index is 0.000000219. The number of aromatic hydroxyl groups is 2. The Hall–Kier alpha value is -9.16. The van der Waals surface area contributed by atoms with E-state index in [2.05, 4.69) is 49.7 Å². The zero-order chi connectivity index (χ0) is 53.4. The topological polar surface area (TPSA) is 241 Å². The van der Waals surface area contributed by atoms with Crippen molar-refractivity contribution < 1.29 is 43.3 Å². The van der Waals surface area contributed by atoms with Crippen molar-refractivity contribution in [2.45, 2.75) is 38.5 Å². The second-order valence-electron chi connectivity index (χ2n) is 17.0. The van der Waals surface area contributed by atoms with Crippen molar-refractivity contribution in [1.29, 1.82) is 0 Å². The first-order chi connectivity index (χ1) is 36.2. The van der Waals surface area contributed by atoms with Gasteiger partial charge in [0.25, 0.3) is 11.8 Å². The second kappa shape index (κ2) is 25.5. The van der Waals surface area contributed by atoms with Crippen LogP contribution in [0.3, 0.4) is 0 Å². The highest BCUT2D eigenvalue weighted by Gasteiger charge is 2.16. The first kappa shape index (κ1) is 53.6.